The van der Waals surface area contributed by atoms with Gasteiger partial charge in [0, 0.05) is 19.5 Å². The lowest BCUT2D eigenvalue weighted by Gasteiger charge is -2.39. The van der Waals surface area contributed by atoms with E-state index in [0.717, 1.165) is 0 Å². The van der Waals surface area contributed by atoms with Gasteiger partial charge in [-0.2, -0.15) is 0 Å². The largest absolute Gasteiger partial charge is 0.378 e. The first-order chi connectivity index (χ1) is 6.70. The van der Waals surface area contributed by atoms with Gasteiger partial charge in [0.1, 0.15) is 0 Å². The first-order valence-corrected chi connectivity index (χ1v) is 4.92. The van der Waals surface area contributed by atoms with Gasteiger partial charge in [-0.25, -0.2) is 0 Å². The molecule has 2 rings (SSSR count). The predicted molar refractivity (Wildman–Crippen MR) is 49.8 cm³/mol. The quantitative estimate of drug-likeness (QED) is 0.618. The van der Waals surface area contributed by atoms with E-state index in [4.69, 9.17) is 15.2 Å². The number of morpholine rings is 1. The van der Waals surface area contributed by atoms with E-state index in [1.807, 2.05) is 4.90 Å². The Hall–Kier alpha value is -0.650. The highest BCUT2D eigenvalue weighted by Crippen LogP contribution is 2.19. The van der Waals surface area contributed by atoms with Crippen LogP contribution >= 0.6 is 0 Å². The molecule has 0 aromatic heterocycles. The average molecular weight is 200 g/mol. The second-order valence-corrected chi connectivity index (χ2v) is 4.03. The number of hydrogen-bond acceptors (Lipinski definition) is 4. The van der Waals surface area contributed by atoms with E-state index in [-0.39, 0.29) is 5.91 Å². The Bertz CT molecular complexity index is 222. The maximum atomic E-state index is 11.7. The summed E-state index contributed by atoms with van der Waals surface area (Å²) in [5.74, 6) is 0.124. The number of carbonyl (C=O) groups excluding carboxylic acids is 1. The number of ether oxygens (including phenoxy) is 2. The van der Waals surface area contributed by atoms with Gasteiger partial charge in [-0.1, -0.05) is 0 Å². The summed E-state index contributed by atoms with van der Waals surface area (Å²) in [6.45, 7) is 3.66. The number of nitrogens with two attached hydrogens (primary N) is 1. The molecule has 2 aliphatic heterocycles. The second kappa shape index (κ2) is 3.84. The van der Waals surface area contributed by atoms with E-state index >= 15 is 0 Å². The molecule has 0 aromatic carbocycles. The van der Waals surface area contributed by atoms with Crippen molar-refractivity contribution in [2.24, 2.45) is 5.73 Å². The van der Waals surface area contributed by atoms with Crippen molar-refractivity contribution in [1.29, 1.82) is 0 Å². The van der Waals surface area contributed by atoms with Gasteiger partial charge in [0.25, 0.3) is 0 Å². The molecule has 2 aliphatic rings. The molecule has 1 amide bonds. The van der Waals surface area contributed by atoms with Gasteiger partial charge in [-0.15, -0.1) is 0 Å². The van der Waals surface area contributed by atoms with E-state index < -0.39 is 5.54 Å². The van der Waals surface area contributed by atoms with E-state index in [2.05, 4.69) is 0 Å². The van der Waals surface area contributed by atoms with Crippen LogP contribution in [0.2, 0.25) is 0 Å². The molecule has 2 N–H and O–H groups in total. The molecular weight excluding hydrogens is 184 g/mol. The van der Waals surface area contributed by atoms with Crippen LogP contribution in [0.25, 0.3) is 0 Å². The second-order valence-electron chi connectivity index (χ2n) is 4.03. The number of hydrogen-bond donors (Lipinski definition) is 1. The highest BCUT2D eigenvalue weighted by atomic mass is 16.5. The molecule has 0 atom stereocenters. The summed E-state index contributed by atoms with van der Waals surface area (Å²) in [5.41, 5.74) is 5.50. The molecule has 5 heteroatoms. The minimum atomic E-state index is -0.407. The van der Waals surface area contributed by atoms with Crippen molar-refractivity contribution in [3.05, 3.63) is 0 Å². The Kier molecular flexibility index (Phi) is 2.71. The molecule has 14 heavy (non-hydrogen) atoms. The zero-order valence-corrected chi connectivity index (χ0v) is 8.20. The molecule has 2 heterocycles. The summed E-state index contributed by atoms with van der Waals surface area (Å²) in [7, 11) is 0. The Morgan fingerprint density at radius 1 is 1.29 bits per heavy atom. The molecule has 0 aliphatic carbocycles. The van der Waals surface area contributed by atoms with Crippen molar-refractivity contribution >= 4 is 5.91 Å². The summed E-state index contributed by atoms with van der Waals surface area (Å²) >= 11 is 0. The maximum Gasteiger partial charge on any atom is 0.224 e. The fourth-order valence-corrected chi connectivity index (χ4v) is 1.69. The SMILES string of the molecule is NC1(CC(=O)N2CCOCC2)COC1. The number of rotatable bonds is 2. The molecule has 2 fully saturated rings. The van der Waals surface area contributed by atoms with E-state index in [1.54, 1.807) is 0 Å². The normalized spacial score (nSPS) is 25.6. The first kappa shape index (κ1) is 9.89. The van der Waals surface area contributed by atoms with Crippen molar-refractivity contribution in [2.75, 3.05) is 39.5 Å². The van der Waals surface area contributed by atoms with Gasteiger partial charge in [0.15, 0.2) is 0 Å². The van der Waals surface area contributed by atoms with Crippen LogP contribution < -0.4 is 5.73 Å². The monoisotopic (exact) mass is 200 g/mol. The Labute approximate surface area is 83.1 Å². The van der Waals surface area contributed by atoms with Gasteiger partial charge in [0.05, 0.1) is 32.0 Å². The summed E-state index contributed by atoms with van der Waals surface area (Å²) in [5, 5.41) is 0. The molecule has 0 unspecified atom stereocenters. The molecule has 2 saturated heterocycles. The fraction of sp³-hybridized carbons (Fsp3) is 0.889. The average Bonchev–Trinajstić information content (AvgIpc) is 2.17. The van der Waals surface area contributed by atoms with Crippen LogP contribution in [0.5, 0.6) is 0 Å². The summed E-state index contributed by atoms with van der Waals surface area (Å²) in [6, 6.07) is 0. The lowest BCUT2D eigenvalue weighted by atomic mass is 9.94. The molecule has 0 spiro atoms. The Morgan fingerprint density at radius 2 is 1.93 bits per heavy atom. The molecule has 0 aromatic rings. The molecule has 5 nitrogen and oxygen atoms in total. The highest BCUT2D eigenvalue weighted by Gasteiger charge is 2.37. The highest BCUT2D eigenvalue weighted by molar-refractivity contribution is 5.77. The van der Waals surface area contributed by atoms with Gasteiger partial charge in [-0.05, 0) is 0 Å². The van der Waals surface area contributed by atoms with Gasteiger partial charge >= 0.3 is 0 Å². The number of carbonyl (C=O) groups is 1. The molecule has 80 valence electrons. The topological polar surface area (TPSA) is 64.8 Å². The summed E-state index contributed by atoms with van der Waals surface area (Å²) < 4.78 is 10.2. The third kappa shape index (κ3) is 2.05. The van der Waals surface area contributed by atoms with Gasteiger partial charge < -0.3 is 20.1 Å². The van der Waals surface area contributed by atoms with E-state index in [0.29, 0.717) is 45.9 Å². The van der Waals surface area contributed by atoms with E-state index in [1.165, 1.54) is 0 Å². The summed E-state index contributed by atoms with van der Waals surface area (Å²) in [6.07, 6.45) is 0.396. The number of nitrogens with zero attached hydrogens (tertiary/aromatic N) is 1. The standard InChI is InChI=1S/C9H16N2O3/c10-9(6-14-7-9)5-8(12)11-1-3-13-4-2-11/h1-7,10H2. The van der Waals surface area contributed by atoms with Crippen molar-refractivity contribution in [3.8, 4) is 0 Å². The van der Waals surface area contributed by atoms with Crippen molar-refractivity contribution < 1.29 is 14.3 Å². The minimum Gasteiger partial charge on any atom is -0.378 e. The zero-order chi connectivity index (χ0) is 10.0. The van der Waals surface area contributed by atoms with Gasteiger partial charge in [-0.3, -0.25) is 4.79 Å². The lowest BCUT2D eigenvalue weighted by Crippen LogP contribution is -2.60. The third-order valence-electron chi connectivity index (χ3n) is 2.65. The van der Waals surface area contributed by atoms with Crippen LogP contribution in [0.15, 0.2) is 0 Å². The summed E-state index contributed by atoms with van der Waals surface area (Å²) in [4.78, 5) is 13.6. The van der Waals surface area contributed by atoms with Crippen LogP contribution in [0, 0.1) is 0 Å². The molecule has 0 saturated carbocycles. The smallest absolute Gasteiger partial charge is 0.224 e. The van der Waals surface area contributed by atoms with Crippen molar-refractivity contribution in [1.82, 2.24) is 4.90 Å². The molecule has 0 radical (unpaired) electrons. The fourth-order valence-electron chi connectivity index (χ4n) is 1.69. The van der Waals surface area contributed by atoms with Crippen molar-refractivity contribution in [3.63, 3.8) is 0 Å². The Morgan fingerprint density at radius 3 is 2.43 bits per heavy atom. The zero-order valence-electron chi connectivity index (χ0n) is 8.20. The maximum absolute atomic E-state index is 11.7. The molecular formula is C9H16N2O3. The third-order valence-corrected chi connectivity index (χ3v) is 2.65. The van der Waals surface area contributed by atoms with Crippen LogP contribution in [-0.2, 0) is 14.3 Å². The lowest BCUT2D eigenvalue weighted by molar-refractivity contribution is -0.142. The van der Waals surface area contributed by atoms with Crippen LogP contribution in [0.4, 0.5) is 0 Å². The van der Waals surface area contributed by atoms with Crippen molar-refractivity contribution in [2.45, 2.75) is 12.0 Å². The van der Waals surface area contributed by atoms with E-state index in [9.17, 15) is 4.79 Å². The minimum absolute atomic E-state index is 0.124. The number of amides is 1. The van der Waals surface area contributed by atoms with Crippen LogP contribution in [0.1, 0.15) is 6.42 Å². The van der Waals surface area contributed by atoms with Gasteiger partial charge in [0.2, 0.25) is 5.91 Å². The van der Waals surface area contributed by atoms with Crippen LogP contribution in [0.3, 0.4) is 0 Å². The predicted octanol–water partition coefficient (Wildman–Crippen LogP) is -1.04. The van der Waals surface area contributed by atoms with Crippen LogP contribution in [-0.4, -0.2) is 55.9 Å². The molecule has 0 bridgehead atoms. The Balaban J connectivity index is 1.81. The first-order valence-electron chi connectivity index (χ1n) is 4.92.